The van der Waals surface area contributed by atoms with E-state index in [1.54, 1.807) is 6.26 Å². The van der Waals surface area contributed by atoms with E-state index in [9.17, 15) is 10.1 Å². The molecule has 1 atom stereocenters. The van der Waals surface area contributed by atoms with Crippen LogP contribution in [0.3, 0.4) is 0 Å². The van der Waals surface area contributed by atoms with E-state index in [-0.39, 0.29) is 17.8 Å². The number of rotatable bonds is 7. The Bertz CT molecular complexity index is 1140. The molecule has 2 aliphatic rings. The zero-order chi connectivity index (χ0) is 21.9. The number of nitrogens with one attached hydrogen (secondary N) is 1. The normalized spacial score (nSPS) is 17.8. The Kier molecular flexibility index (Phi) is 6.30. The lowest BCUT2D eigenvalue weighted by atomic mass is 9.96. The van der Waals surface area contributed by atoms with E-state index in [1.165, 1.54) is 28.0 Å². The van der Waals surface area contributed by atoms with Crippen LogP contribution in [0.15, 0.2) is 28.0 Å². The number of hydrogen-bond acceptors (Lipinski definition) is 8. The number of anilines is 1. The Labute approximate surface area is 194 Å². The summed E-state index contributed by atoms with van der Waals surface area (Å²) in [5.41, 5.74) is 1.75. The molecule has 8 nitrogen and oxygen atoms in total. The predicted molar refractivity (Wildman–Crippen MR) is 122 cm³/mol. The van der Waals surface area contributed by atoms with Crippen molar-refractivity contribution in [1.82, 2.24) is 14.8 Å². The average Bonchev–Trinajstić information content (AvgIpc) is 3.59. The summed E-state index contributed by atoms with van der Waals surface area (Å²) in [5.74, 6) is 1.28. The number of carbonyl (C=O) groups is 1. The van der Waals surface area contributed by atoms with Gasteiger partial charge in [-0.25, -0.2) is 0 Å². The summed E-state index contributed by atoms with van der Waals surface area (Å²) in [6, 6.07) is 5.95. The quantitative estimate of drug-likeness (QED) is 0.515. The van der Waals surface area contributed by atoms with Crippen LogP contribution < -0.4 is 5.32 Å². The van der Waals surface area contributed by atoms with Crippen LogP contribution in [0.1, 0.15) is 41.7 Å². The number of hydrogen-bond donors (Lipinski definition) is 1. The van der Waals surface area contributed by atoms with Gasteiger partial charge in [0.25, 0.3) is 0 Å². The number of furan rings is 1. The summed E-state index contributed by atoms with van der Waals surface area (Å²) < 4.78 is 13.3. The van der Waals surface area contributed by atoms with Gasteiger partial charge in [-0.15, -0.1) is 21.5 Å². The molecule has 1 amide bonds. The van der Waals surface area contributed by atoms with Gasteiger partial charge in [0.05, 0.1) is 30.2 Å². The van der Waals surface area contributed by atoms with Gasteiger partial charge in [-0.1, -0.05) is 11.8 Å². The number of fused-ring (bicyclic) bond motifs is 1. The van der Waals surface area contributed by atoms with E-state index in [0.29, 0.717) is 33.9 Å². The van der Waals surface area contributed by atoms with Gasteiger partial charge in [0.2, 0.25) is 11.7 Å². The Balaban J connectivity index is 1.30. The highest BCUT2D eigenvalue weighted by Crippen LogP contribution is 2.37. The molecule has 1 aliphatic heterocycles. The number of nitriles is 1. The maximum absolute atomic E-state index is 12.7. The zero-order valence-electron chi connectivity index (χ0n) is 17.5. The number of nitrogens with zero attached hydrogens (tertiary/aromatic N) is 4. The summed E-state index contributed by atoms with van der Waals surface area (Å²) in [5, 5.41) is 22.5. The van der Waals surface area contributed by atoms with Crippen molar-refractivity contribution < 1.29 is 13.9 Å². The fraction of sp³-hybridized carbons (Fsp3) is 0.455. The highest BCUT2D eigenvalue weighted by molar-refractivity contribution is 7.99. The highest BCUT2D eigenvalue weighted by Gasteiger charge is 2.24. The first-order chi connectivity index (χ1) is 15.7. The van der Waals surface area contributed by atoms with E-state index in [4.69, 9.17) is 9.15 Å². The molecular formula is C22H23N5O3S2. The fourth-order valence-electron chi connectivity index (χ4n) is 4.21. The van der Waals surface area contributed by atoms with Gasteiger partial charge >= 0.3 is 0 Å². The van der Waals surface area contributed by atoms with Crippen molar-refractivity contribution in [2.24, 2.45) is 0 Å². The summed E-state index contributed by atoms with van der Waals surface area (Å²) in [6.07, 6.45) is 7.87. The molecule has 1 aliphatic carbocycles. The van der Waals surface area contributed by atoms with E-state index in [0.717, 1.165) is 50.7 Å². The second-order valence-corrected chi connectivity index (χ2v) is 9.94. The van der Waals surface area contributed by atoms with Crippen molar-refractivity contribution in [3.05, 3.63) is 34.4 Å². The van der Waals surface area contributed by atoms with Crippen LogP contribution in [0.2, 0.25) is 0 Å². The molecule has 3 aromatic heterocycles. The molecule has 10 heteroatoms. The van der Waals surface area contributed by atoms with Crippen molar-refractivity contribution in [3.63, 3.8) is 0 Å². The van der Waals surface area contributed by atoms with Gasteiger partial charge in [0, 0.05) is 11.5 Å². The largest absolute Gasteiger partial charge is 0.461 e. The van der Waals surface area contributed by atoms with Crippen molar-refractivity contribution >= 4 is 34.0 Å². The van der Waals surface area contributed by atoms with Crippen molar-refractivity contribution in [2.75, 3.05) is 17.7 Å². The first-order valence-corrected chi connectivity index (χ1v) is 12.6. The minimum absolute atomic E-state index is 0.100. The van der Waals surface area contributed by atoms with Crippen molar-refractivity contribution in [2.45, 2.75) is 56.3 Å². The maximum atomic E-state index is 12.7. The summed E-state index contributed by atoms with van der Waals surface area (Å²) in [4.78, 5) is 14.0. The molecule has 0 spiro atoms. The minimum Gasteiger partial charge on any atom is -0.461 e. The lowest BCUT2D eigenvalue weighted by Crippen LogP contribution is -2.18. The second-order valence-electron chi connectivity index (χ2n) is 7.89. The molecule has 166 valence electrons. The SMILES string of the molecule is N#Cc1c(NC(=O)CSc2nnc(-c3ccco3)n2CC2CCCO2)sc2c1CCCC2. The van der Waals surface area contributed by atoms with Crippen LogP contribution in [-0.2, 0) is 28.9 Å². The Hall–Kier alpha value is -2.61. The standard InChI is InChI=1S/C22H23N5O3S2/c23-11-16-15-6-1-2-8-18(15)32-21(16)24-19(28)13-31-22-26-25-20(17-7-4-10-30-17)27(22)12-14-5-3-9-29-14/h4,7,10,14H,1-3,5-6,8-9,12-13H2,(H,24,28). The van der Waals surface area contributed by atoms with Gasteiger partial charge in [-0.05, 0) is 56.2 Å². The van der Waals surface area contributed by atoms with Crippen molar-refractivity contribution in [3.8, 4) is 17.7 Å². The zero-order valence-corrected chi connectivity index (χ0v) is 19.1. The molecule has 0 saturated carbocycles. The number of amides is 1. The minimum atomic E-state index is -0.156. The number of carbonyl (C=O) groups excluding carboxylic acids is 1. The van der Waals surface area contributed by atoms with Crippen molar-refractivity contribution in [1.29, 1.82) is 5.26 Å². The van der Waals surface area contributed by atoms with Gasteiger partial charge in [-0.2, -0.15) is 5.26 Å². The predicted octanol–water partition coefficient (Wildman–Crippen LogP) is 4.26. The molecule has 4 heterocycles. The van der Waals surface area contributed by atoms with Crippen LogP contribution in [0.4, 0.5) is 5.00 Å². The average molecular weight is 470 g/mol. The molecule has 1 saturated heterocycles. The summed E-state index contributed by atoms with van der Waals surface area (Å²) in [6.45, 7) is 1.38. The van der Waals surface area contributed by atoms with Crippen LogP contribution in [0, 0.1) is 11.3 Å². The number of aryl methyl sites for hydroxylation is 1. The molecule has 1 unspecified atom stereocenters. The molecule has 5 rings (SSSR count). The van der Waals surface area contributed by atoms with Crippen LogP contribution in [0.5, 0.6) is 0 Å². The first kappa shape index (κ1) is 21.2. The topological polar surface area (TPSA) is 106 Å². The number of ether oxygens (including phenoxy) is 1. The van der Waals surface area contributed by atoms with E-state index in [2.05, 4.69) is 21.6 Å². The molecular weight excluding hydrogens is 446 g/mol. The van der Waals surface area contributed by atoms with Gasteiger partial charge in [0.1, 0.15) is 11.1 Å². The lowest BCUT2D eigenvalue weighted by Gasteiger charge is -2.13. The number of thiophene rings is 1. The third kappa shape index (κ3) is 4.33. The van der Waals surface area contributed by atoms with Gasteiger partial charge in [-0.3, -0.25) is 9.36 Å². The Morgan fingerprint density at radius 3 is 3.03 bits per heavy atom. The van der Waals surface area contributed by atoms with Gasteiger partial charge < -0.3 is 14.5 Å². The smallest absolute Gasteiger partial charge is 0.235 e. The number of aromatic nitrogens is 3. The third-order valence-corrected chi connectivity index (χ3v) is 7.91. The molecule has 0 aromatic carbocycles. The van der Waals surface area contributed by atoms with E-state index >= 15 is 0 Å². The molecule has 1 N–H and O–H groups in total. The Morgan fingerprint density at radius 1 is 1.34 bits per heavy atom. The summed E-state index contributed by atoms with van der Waals surface area (Å²) >= 11 is 2.86. The highest BCUT2D eigenvalue weighted by atomic mass is 32.2. The van der Waals surface area contributed by atoms with Gasteiger partial charge in [0.15, 0.2) is 10.9 Å². The summed E-state index contributed by atoms with van der Waals surface area (Å²) in [7, 11) is 0. The Morgan fingerprint density at radius 2 is 2.25 bits per heavy atom. The molecule has 3 aromatic rings. The van der Waals surface area contributed by atoms with E-state index in [1.807, 2.05) is 16.7 Å². The fourth-order valence-corrected chi connectivity index (χ4v) is 6.21. The van der Waals surface area contributed by atoms with E-state index < -0.39 is 0 Å². The molecule has 32 heavy (non-hydrogen) atoms. The van der Waals surface area contributed by atoms with Crippen LogP contribution in [-0.4, -0.2) is 39.1 Å². The molecule has 1 fully saturated rings. The first-order valence-electron chi connectivity index (χ1n) is 10.8. The van der Waals surface area contributed by atoms with Crippen LogP contribution >= 0.6 is 23.1 Å². The lowest BCUT2D eigenvalue weighted by molar-refractivity contribution is -0.113. The van der Waals surface area contributed by atoms with Crippen LogP contribution in [0.25, 0.3) is 11.6 Å². The monoisotopic (exact) mass is 469 g/mol. The second kappa shape index (κ2) is 9.48. The molecule has 0 radical (unpaired) electrons. The third-order valence-electron chi connectivity index (χ3n) is 5.74. The molecule has 0 bridgehead atoms. The number of thioether (sulfide) groups is 1. The maximum Gasteiger partial charge on any atom is 0.235 e.